The van der Waals surface area contributed by atoms with Crippen LogP contribution in [0.3, 0.4) is 0 Å². The van der Waals surface area contributed by atoms with Crippen molar-refractivity contribution in [2.75, 3.05) is 6.54 Å². The predicted molar refractivity (Wildman–Crippen MR) is 77.3 cm³/mol. The molecule has 0 saturated heterocycles. The second kappa shape index (κ2) is 5.63. The first kappa shape index (κ1) is 13.1. The molecule has 2 nitrogen and oxygen atoms in total. The Balaban J connectivity index is 1.61. The molecule has 2 aromatic rings. The van der Waals surface area contributed by atoms with Gasteiger partial charge in [0.05, 0.1) is 0 Å². The molecule has 2 aromatic carbocycles. The first-order chi connectivity index (χ1) is 9.74. The number of phenolic OH excluding ortho intramolecular Hbond substituents is 1. The van der Waals surface area contributed by atoms with Crippen molar-refractivity contribution in [3.63, 3.8) is 0 Å². The topological polar surface area (TPSA) is 32.3 Å². The number of halogens is 1. The van der Waals surface area contributed by atoms with E-state index in [9.17, 15) is 9.50 Å². The molecule has 1 aliphatic rings. The summed E-state index contributed by atoms with van der Waals surface area (Å²) in [5, 5.41) is 13.2. The number of fused-ring (bicyclic) bond motifs is 1. The number of hydrogen-bond donors (Lipinski definition) is 2. The Hall–Kier alpha value is -1.87. The molecule has 0 fully saturated rings. The zero-order chi connectivity index (χ0) is 13.9. The van der Waals surface area contributed by atoms with Crippen molar-refractivity contribution in [2.24, 2.45) is 0 Å². The summed E-state index contributed by atoms with van der Waals surface area (Å²) in [7, 11) is 0. The summed E-state index contributed by atoms with van der Waals surface area (Å²) >= 11 is 0. The third kappa shape index (κ3) is 2.68. The molecule has 104 valence electrons. The summed E-state index contributed by atoms with van der Waals surface area (Å²) in [6.45, 7) is 0.776. The van der Waals surface area contributed by atoms with Gasteiger partial charge in [0.25, 0.3) is 0 Å². The summed E-state index contributed by atoms with van der Waals surface area (Å²) < 4.78 is 13.3. The highest BCUT2D eigenvalue weighted by molar-refractivity contribution is 5.35. The van der Waals surface area contributed by atoms with Crippen molar-refractivity contribution >= 4 is 0 Å². The minimum Gasteiger partial charge on any atom is -0.508 e. The number of aryl methyl sites for hydroxylation is 1. The molecule has 2 N–H and O–H groups in total. The molecule has 0 aliphatic heterocycles. The van der Waals surface area contributed by atoms with Crippen LogP contribution in [-0.2, 0) is 12.8 Å². The van der Waals surface area contributed by atoms with Gasteiger partial charge in [0, 0.05) is 6.04 Å². The van der Waals surface area contributed by atoms with E-state index in [2.05, 4.69) is 5.32 Å². The highest BCUT2D eigenvalue weighted by Gasteiger charge is 2.22. The molecule has 1 aliphatic carbocycles. The van der Waals surface area contributed by atoms with E-state index >= 15 is 0 Å². The normalized spacial score (nSPS) is 17.1. The molecule has 0 saturated carbocycles. The lowest BCUT2D eigenvalue weighted by Crippen LogP contribution is -2.22. The van der Waals surface area contributed by atoms with Crippen LogP contribution in [0.4, 0.5) is 4.39 Å². The van der Waals surface area contributed by atoms with Crippen molar-refractivity contribution in [1.29, 1.82) is 0 Å². The average molecular weight is 271 g/mol. The summed E-state index contributed by atoms with van der Waals surface area (Å²) in [5.41, 5.74) is 3.27. The summed E-state index contributed by atoms with van der Waals surface area (Å²) in [5.74, 6) is 0.172. The predicted octanol–water partition coefficient (Wildman–Crippen LogP) is 3.35. The number of nitrogens with one attached hydrogen (secondary N) is 1. The SMILES string of the molecule is Oc1ccccc1CCNC1CCc2ccc(F)cc21. The molecule has 1 atom stereocenters. The number of rotatable bonds is 4. The molecule has 0 radical (unpaired) electrons. The van der Waals surface area contributed by atoms with Crippen LogP contribution in [0.25, 0.3) is 0 Å². The van der Waals surface area contributed by atoms with Gasteiger partial charge in [-0.05, 0) is 60.7 Å². The van der Waals surface area contributed by atoms with E-state index in [1.54, 1.807) is 12.1 Å². The van der Waals surface area contributed by atoms with Crippen LogP contribution in [0.5, 0.6) is 5.75 Å². The molecule has 3 heteroatoms. The van der Waals surface area contributed by atoms with Gasteiger partial charge >= 0.3 is 0 Å². The third-order valence-electron chi connectivity index (χ3n) is 3.96. The first-order valence-corrected chi connectivity index (χ1v) is 7.02. The lowest BCUT2D eigenvalue weighted by molar-refractivity contribution is 0.463. The fourth-order valence-corrected chi connectivity index (χ4v) is 2.89. The maximum absolute atomic E-state index is 13.3. The van der Waals surface area contributed by atoms with E-state index in [0.717, 1.165) is 36.9 Å². The maximum atomic E-state index is 13.3. The van der Waals surface area contributed by atoms with Crippen LogP contribution in [-0.4, -0.2) is 11.7 Å². The van der Waals surface area contributed by atoms with E-state index in [4.69, 9.17) is 0 Å². The van der Waals surface area contributed by atoms with Crippen LogP contribution in [0, 0.1) is 5.82 Å². The zero-order valence-corrected chi connectivity index (χ0v) is 11.3. The smallest absolute Gasteiger partial charge is 0.123 e. The summed E-state index contributed by atoms with van der Waals surface area (Å²) in [6.07, 6.45) is 2.79. The number of para-hydroxylation sites is 1. The van der Waals surface area contributed by atoms with Gasteiger partial charge in [0.15, 0.2) is 0 Å². The van der Waals surface area contributed by atoms with Crippen molar-refractivity contribution in [3.8, 4) is 5.75 Å². The molecule has 0 heterocycles. The Labute approximate surface area is 118 Å². The van der Waals surface area contributed by atoms with Crippen molar-refractivity contribution < 1.29 is 9.50 Å². The van der Waals surface area contributed by atoms with Gasteiger partial charge < -0.3 is 10.4 Å². The number of benzene rings is 2. The average Bonchev–Trinajstić information content (AvgIpc) is 2.83. The fourth-order valence-electron chi connectivity index (χ4n) is 2.89. The van der Waals surface area contributed by atoms with Crippen LogP contribution in [0.15, 0.2) is 42.5 Å². The monoisotopic (exact) mass is 271 g/mol. The van der Waals surface area contributed by atoms with Gasteiger partial charge in [-0.1, -0.05) is 24.3 Å². The molecule has 3 rings (SSSR count). The highest BCUT2D eigenvalue weighted by atomic mass is 19.1. The Morgan fingerprint density at radius 1 is 1.20 bits per heavy atom. The fraction of sp³-hybridized carbons (Fsp3) is 0.294. The van der Waals surface area contributed by atoms with Crippen molar-refractivity contribution in [1.82, 2.24) is 5.32 Å². The van der Waals surface area contributed by atoms with Crippen LogP contribution in [0.1, 0.15) is 29.2 Å². The quantitative estimate of drug-likeness (QED) is 0.893. The van der Waals surface area contributed by atoms with Gasteiger partial charge in [-0.15, -0.1) is 0 Å². The number of phenols is 1. The van der Waals surface area contributed by atoms with E-state index in [1.807, 2.05) is 24.3 Å². The standard InChI is InChI=1S/C17H18FNO/c18-14-7-5-12-6-8-16(15(12)11-14)19-10-9-13-3-1-2-4-17(13)20/h1-5,7,11,16,19-20H,6,8-10H2. The van der Waals surface area contributed by atoms with E-state index in [0.29, 0.717) is 5.75 Å². The minimum absolute atomic E-state index is 0.168. The van der Waals surface area contributed by atoms with Gasteiger partial charge in [-0.3, -0.25) is 0 Å². The number of aromatic hydroxyl groups is 1. The largest absolute Gasteiger partial charge is 0.508 e. The summed E-state index contributed by atoms with van der Waals surface area (Å²) in [6, 6.07) is 12.7. The van der Waals surface area contributed by atoms with E-state index in [-0.39, 0.29) is 11.9 Å². The van der Waals surface area contributed by atoms with Gasteiger partial charge in [0.1, 0.15) is 11.6 Å². The second-order valence-electron chi connectivity index (χ2n) is 5.27. The van der Waals surface area contributed by atoms with Gasteiger partial charge in [0.2, 0.25) is 0 Å². The lowest BCUT2D eigenvalue weighted by atomic mass is 10.1. The molecule has 0 bridgehead atoms. The van der Waals surface area contributed by atoms with E-state index in [1.165, 1.54) is 11.6 Å². The Morgan fingerprint density at radius 2 is 2.05 bits per heavy atom. The molecular formula is C17H18FNO. The van der Waals surface area contributed by atoms with Gasteiger partial charge in [-0.25, -0.2) is 4.39 Å². The van der Waals surface area contributed by atoms with Crippen molar-refractivity contribution in [2.45, 2.75) is 25.3 Å². The molecular weight excluding hydrogens is 253 g/mol. The molecule has 0 amide bonds. The zero-order valence-electron chi connectivity index (χ0n) is 11.3. The van der Waals surface area contributed by atoms with Gasteiger partial charge in [-0.2, -0.15) is 0 Å². The van der Waals surface area contributed by atoms with Crippen LogP contribution >= 0.6 is 0 Å². The third-order valence-corrected chi connectivity index (χ3v) is 3.96. The highest BCUT2D eigenvalue weighted by Crippen LogP contribution is 2.31. The second-order valence-corrected chi connectivity index (χ2v) is 5.27. The molecule has 1 unspecified atom stereocenters. The van der Waals surface area contributed by atoms with Crippen LogP contribution < -0.4 is 5.32 Å². The lowest BCUT2D eigenvalue weighted by Gasteiger charge is -2.14. The van der Waals surface area contributed by atoms with E-state index < -0.39 is 0 Å². The Kier molecular flexibility index (Phi) is 3.70. The Bertz CT molecular complexity index is 612. The maximum Gasteiger partial charge on any atom is 0.123 e. The van der Waals surface area contributed by atoms with Crippen LogP contribution in [0.2, 0.25) is 0 Å². The molecule has 0 aromatic heterocycles. The molecule has 20 heavy (non-hydrogen) atoms. The summed E-state index contributed by atoms with van der Waals surface area (Å²) in [4.78, 5) is 0. The minimum atomic E-state index is -0.168. The number of hydrogen-bond acceptors (Lipinski definition) is 2. The van der Waals surface area contributed by atoms with Crippen molar-refractivity contribution in [3.05, 3.63) is 65.0 Å². The first-order valence-electron chi connectivity index (χ1n) is 7.02. The molecule has 0 spiro atoms. The Morgan fingerprint density at radius 3 is 2.90 bits per heavy atom.